The Morgan fingerprint density at radius 1 is 1.25 bits per heavy atom. The van der Waals surface area contributed by atoms with Crippen LogP contribution in [-0.4, -0.2) is 56.8 Å². The maximum Gasteiger partial charge on any atom is 0.243 e. The molecule has 1 aromatic heterocycles. The van der Waals surface area contributed by atoms with Gasteiger partial charge in [0.2, 0.25) is 15.9 Å². The van der Waals surface area contributed by atoms with Gasteiger partial charge in [-0.1, -0.05) is 11.6 Å². The first-order chi connectivity index (χ1) is 13.4. The fourth-order valence-corrected chi connectivity index (χ4v) is 4.54. The van der Waals surface area contributed by atoms with Crippen LogP contribution in [0.5, 0.6) is 0 Å². The number of likely N-dealkylation sites (tertiary alicyclic amines) is 1. The molecule has 1 unspecified atom stereocenters. The highest BCUT2D eigenvalue weighted by Crippen LogP contribution is 2.25. The van der Waals surface area contributed by atoms with Gasteiger partial charge in [-0.15, -0.1) is 0 Å². The van der Waals surface area contributed by atoms with E-state index in [9.17, 15) is 13.2 Å². The third-order valence-electron chi connectivity index (χ3n) is 4.83. The minimum absolute atomic E-state index is 0.0559. The van der Waals surface area contributed by atoms with Crippen molar-refractivity contribution in [3.8, 4) is 0 Å². The summed E-state index contributed by atoms with van der Waals surface area (Å²) in [6.07, 6.45) is 3.85. The Morgan fingerprint density at radius 2 is 1.93 bits per heavy atom. The molecule has 1 saturated heterocycles. The highest BCUT2D eigenvalue weighted by Gasteiger charge is 2.27. The van der Waals surface area contributed by atoms with Crippen LogP contribution in [0.15, 0.2) is 52.0 Å². The van der Waals surface area contributed by atoms with Crippen molar-refractivity contribution in [2.75, 3.05) is 33.2 Å². The molecule has 2 heterocycles. The monoisotopic (exact) mass is 425 g/mol. The fourth-order valence-electron chi connectivity index (χ4n) is 3.28. The third-order valence-corrected chi connectivity index (χ3v) is 6.90. The molecule has 0 spiro atoms. The molecule has 2 aromatic rings. The Kier molecular flexibility index (Phi) is 6.77. The Bertz CT molecular complexity index is 878. The van der Waals surface area contributed by atoms with E-state index < -0.39 is 10.0 Å². The lowest BCUT2D eigenvalue weighted by Gasteiger charge is -2.26. The highest BCUT2D eigenvalue weighted by atomic mass is 35.5. The van der Waals surface area contributed by atoms with Crippen LogP contribution in [0.1, 0.15) is 24.6 Å². The number of hydrogen-bond acceptors (Lipinski definition) is 5. The number of halogens is 1. The second-order valence-electron chi connectivity index (χ2n) is 6.79. The predicted octanol–water partition coefficient (Wildman–Crippen LogP) is 2.51. The zero-order valence-corrected chi connectivity index (χ0v) is 17.2. The molecule has 0 aliphatic carbocycles. The van der Waals surface area contributed by atoms with Gasteiger partial charge in [0.1, 0.15) is 5.76 Å². The molecule has 1 aliphatic heterocycles. The quantitative estimate of drug-likeness (QED) is 0.702. The molecular formula is C19H24ClN3O4S. The van der Waals surface area contributed by atoms with E-state index >= 15 is 0 Å². The average molecular weight is 426 g/mol. The smallest absolute Gasteiger partial charge is 0.243 e. The van der Waals surface area contributed by atoms with Crippen LogP contribution in [0, 0.1) is 0 Å². The molecule has 9 heteroatoms. The van der Waals surface area contributed by atoms with Crippen molar-refractivity contribution in [1.82, 2.24) is 14.5 Å². The number of nitrogens with one attached hydrogen (secondary N) is 1. The number of carbonyl (C=O) groups is 1. The summed E-state index contributed by atoms with van der Waals surface area (Å²) in [7, 11) is -2.38. The zero-order valence-electron chi connectivity index (χ0n) is 15.7. The van der Waals surface area contributed by atoms with Crippen molar-refractivity contribution in [2.24, 2.45) is 0 Å². The van der Waals surface area contributed by atoms with Crippen molar-refractivity contribution in [1.29, 1.82) is 0 Å². The summed E-state index contributed by atoms with van der Waals surface area (Å²) in [5.74, 6) is 0.431. The van der Waals surface area contributed by atoms with Crippen LogP contribution in [0.2, 0.25) is 5.02 Å². The van der Waals surface area contributed by atoms with E-state index in [0.717, 1.165) is 36.0 Å². The van der Waals surface area contributed by atoms with Crippen LogP contribution in [0.3, 0.4) is 0 Å². The Hall–Kier alpha value is -1.87. The van der Waals surface area contributed by atoms with E-state index in [0.29, 0.717) is 11.6 Å². The number of benzene rings is 1. The molecule has 1 fully saturated rings. The zero-order chi connectivity index (χ0) is 20.1. The second-order valence-corrected chi connectivity index (χ2v) is 9.27. The lowest BCUT2D eigenvalue weighted by atomic mass is 10.2. The normalized spacial score (nSPS) is 16.4. The topological polar surface area (TPSA) is 82.9 Å². The first-order valence-electron chi connectivity index (χ1n) is 9.14. The summed E-state index contributed by atoms with van der Waals surface area (Å²) in [6, 6.07) is 9.52. The van der Waals surface area contributed by atoms with Crippen molar-refractivity contribution >= 4 is 27.5 Å². The second kappa shape index (κ2) is 9.09. The van der Waals surface area contributed by atoms with E-state index in [1.165, 1.54) is 31.3 Å². The molecule has 28 heavy (non-hydrogen) atoms. The summed E-state index contributed by atoms with van der Waals surface area (Å²) in [5.41, 5.74) is 0. The molecule has 1 aliphatic rings. The van der Waals surface area contributed by atoms with Crippen LogP contribution in [-0.2, 0) is 14.8 Å². The van der Waals surface area contributed by atoms with Crippen LogP contribution < -0.4 is 5.32 Å². The van der Waals surface area contributed by atoms with Crippen molar-refractivity contribution in [3.63, 3.8) is 0 Å². The summed E-state index contributed by atoms with van der Waals surface area (Å²) in [4.78, 5) is 14.8. The summed E-state index contributed by atoms with van der Waals surface area (Å²) < 4.78 is 31.7. The summed E-state index contributed by atoms with van der Waals surface area (Å²) >= 11 is 5.81. The van der Waals surface area contributed by atoms with Crippen molar-refractivity contribution in [2.45, 2.75) is 23.8 Å². The van der Waals surface area contributed by atoms with Gasteiger partial charge in [-0.05, 0) is 62.3 Å². The third kappa shape index (κ3) is 4.94. The largest absolute Gasteiger partial charge is 0.468 e. The van der Waals surface area contributed by atoms with Gasteiger partial charge >= 0.3 is 0 Å². The number of likely N-dealkylation sites (N-methyl/N-ethyl adjacent to an activating group) is 1. The van der Waals surface area contributed by atoms with E-state index in [1.54, 1.807) is 6.26 Å². The lowest BCUT2D eigenvalue weighted by molar-refractivity contribution is -0.121. The van der Waals surface area contributed by atoms with E-state index in [-0.39, 0.29) is 23.4 Å². The molecule has 0 saturated carbocycles. The lowest BCUT2D eigenvalue weighted by Crippen LogP contribution is -2.42. The number of hydrogen-bond donors (Lipinski definition) is 1. The minimum Gasteiger partial charge on any atom is -0.468 e. The summed E-state index contributed by atoms with van der Waals surface area (Å²) in [6.45, 7) is 2.00. The van der Waals surface area contributed by atoms with Crippen LogP contribution >= 0.6 is 11.6 Å². The highest BCUT2D eigenvalue weighted by molar-refractivity contribution is 7.89. The summed E-state index contributed by atoms with van der Waals surface area (Å²) in [5, 5.41) is 3.29. The maximum atomic E-state index is 12.6. The minimum atomic E-state index is -3.76. The SMILES string of the molecule is CN(CC(=O)NCC(c1ccco1)N1CCCC1)S(=O)(=O)c1ccc(Cl)cc1. The van der Waals surface area contributed by atoms with E-state index in [4.69, 9.17) is 16.0 Å². The van der Waals surface area contributed by atoms with Gasteiger partial charge in [-0.25, -0.2) is 8.42 Å². The molecule has 1 aromatic carbocycles. The Balaban J connectivity index is 1.60. The average Bonchev–Trinajstić information content (AvgIpc) is 3.36. The number of sulfonamides is 1. The van der Waals surface area contributed by atoms with Gasteiger partial charge in [0.05, 0.1) is 23.7 Å². The first kappa shape index (κ1) is 20.9. The van der Waals surface area contributed by atoms with Gasteiger partial charge in [0, 0.05) is 18.6 Å². The molecule has 0 bridgehead atoms. The number of furan rings is 1. The number of carbonyl (C=O) groups excluding carboxylic acids is 1. The van der Waals surface area contributed by atoms with Crippen molar-refractivity contribution in [3.05, 3.63) is 53.4 Å². The predicted molar refractivity (Wildman–Crippen MR) is 107 cm³/mol. The molecule has 3 rings (SSSR count). The molecule has 0 radical (unpaired) electrons. The molecule has 7 nitrogen and oxygen atoms in total. The Morgan fingerprint density at radius 3 is 2.54 bits per heavy atom. The number of amides is 1. The van der Waals surface area contributed by atoms with Crippen LogP contribution in [0.4, 0.5) is 0 Å². The molecule has 152 valence electrons. The fraction of sp³-hybridized carbons (Fsp3) is 0.421. The van der Waals surface area contributed by atoms with Crippen molar-refractivity contribution < 1.29 is 17.6 Å². The van der Waals surface area contributed by atoms with Gasteiger partial charge in [-0.2, -0.15) is 4.31 Å². The molecular weight excluding hydrogens is 402 g/mol. The van der Waals surface area contributed by atoms with E-state index in [1.807, 2.05) is 12.1 Å². The van der Waals surface area contributed by atoms with Gasteiger partial charge in [0.25, 0.3) is 0 Å². The van der Waals surface area contributed by atoms with E-state index in [2.05, 4.69) is 10.2 Å². The number of nitrogens with zero attached hydrogens (tertiary/aromatic N) is 2. The maximum absolute atomic E-state index is 12.6. The molecule has 1 amide bonds. The Labute approximate surface area is 170 Å². The standard InChI is InChI=1S/C19H24ClN3O4S/c1-22(28(25,26)16-8-6-15(20)7-9-16)14-19(24)21-13-17(18-5-4-12-27-18)23-10-2-3-11-23/h4-9,12,17H,2-3,10-11,13-14H2,1H3,(H,21,24). The molecule has 1 N–H and O–H groups in total. The number of rotatable bonds is 8. The first-order valence-corrected chi connectivity index (χ1v) is 11.0. The molecule has 1 atom stereocenters. The van der Waals surface area contributed by atoms with Gasteiger partial charge in [-0.3, -0.25) is 9.69 Å². The van der Waals surface area contributed by atoms with Crippen LogP contribution in [0.25, 0.3) is 0 Å². The van der Waals surface area contributed by atoms with Gasteiger partial charge in [0.15, 0.2) is 0 Å². The van der Waals surface area contributed by atoms with Gasteiger partial charge < -0.3 is 9.73 Å².